The Hall–Kier alpha value is -2.28. The standard InChI is InChI=1S/C17H23ClN2O5/c1-9(2)13(20-16(24)25-17(3,4)5)14(21)19-12-8-10(18)6-7-11(12)15(22)23/h6-9,13H,1-5H3,(H,19,21)(H,20,24)(H,22,23)/t13-/m0/s1. The zero-order valence-corrected chi connectivity index (χ0v) is 15.6. The number of anilines is 1. The van der Waals surface area contributed by atoms with Crippen molar-refractivity contribution in [2.24, 2.45) is 5.92 Å². The third-order valence-electron chi connectivity index (χ3n) is 3.09. The predicted molar refractivity (Wildman–Crippen MR) is 95.0 cm³/mol. The Morgan fingerprint density at radius 3 is 2.28 bits per heavy atom. The highest BCUT2D eigenvalue weighted by atomic mass is 35.5. The molecule has 0 heterocycles. The lowest BCUT2D eigenvalue weighted by Crippen LogP contribution is -2.48. The molecule has 1 atom stereocenters. The minimum atomic E-state index is -1.20. The van der Waals surface area contributed by atoms with Crippen molar-refractivity contribution in [2.45, 2.75) is 46.3 Å². The fourth-order valence-corrected chi connectivity index (χ4v) is 2.16. The maximum absolute atomic E-state index is 12.5. The van der Waals surface area contributed by atoms with Crippen LogP contribution in [0.4, 0.5) is 10.5 Å². The number of carbonyl (C=O) groups excluding carboxylic acids is 2. The molecule has 1 rings (SSSR count). The van der Waals surface area contributed by atoms with E-state index in [-0.39, 0.29) is 22.2 Å². The number of hydrogen-bond acceptors (Lipinski definition) is 4. The summed E-state index contributed by atoms with van der Waals surface area (Å²) in [6.07, 6.45) is -0.731. The second kappa shape index (κ2) is 8.20. The van der Waals surface area contributed by atoms with Gasteiger partial charge in [0.15, 0.2) is 0 Å². The molecular weight excluding hydrogens is 348 g/mol. The Bertz CT molecular complexity index is 667. The van der Waals surface area contributed by atoms with Crippen LogP contribution in [0.2, 0.25) is 5.02 Å². The molecule has 0 aromatic heterocycles. The zero-order chi connectivity index (χ0) is 19.4. The predicted octanol–water partition coefficient (Wildman–Crippen LogP) is 3.53. The Balaban J connectivity index is 2.96. The van der Waals surface area contributed by atoms with Crippen LogP contribution >= 0.6 is 11.6 Å². The van der Waals surface area contributed by atoms with E-state index in [1.165, 1.54) is 18.2 Å². The number of ether oxygens (including phenoxy) is 1. The highest BCUT2D eigenvalue weighted by Crippen LogP contribution is 2.22. The molecule has 0 bridgehead atoms. The first-order valence-corrected chi connectivity index (χ1v) is 8.11. The van der Waals surface area contributed by atoms with Gasteiger partial charge in [0.25, 0.3) is 0 Å². The van der Waals surface area contributed by atoms with E-state index < -0.39 is 29.6 Å². The largest absolute Gasteiger partial charge is 0.478 e. The zero-order valence-electron chi connectivity index (χ0n) is 14.8. The molecule has 0 aliphatic rings. The number of nitrogens with one attached hydrogen (secondary N) is 2. The van der Waals surface area contributed by atoms with Crippen molar-refractivity contribution in [1.29, 1.82) is 0 Å². The number of benzene rings is 1. The summed E-state index contributed by atoms with van der Waals surface area (Å²) >= 11 is 5.87. The lowest BCUT2D eigenvalue weighted by Gasteiger charge is -2.25. The Kier molecular flexibility index (Phi) is 6.81. The molecule has 8 heteroatoms. The number of carboxylic acids is 1. The van der Waals surface area contributed by atoms with E-state index in [0.29, 0.717) is 0 Å². The van der Waals surface area contributed by atoms with Crippen molar-refractivity contribution in [3.05, 3.63) is 28.8 Å². The number of halogens is 1. The van der Waals surface area contributed by atoms with Gasteiger partial charge < -0.3 is 20.5 Å². The van der Waals surface area contributed by atoms with Gasteiger partial charge in [0.05, 0.1) is 11.3 Å². The van der Waals surface area contributed by atoms with Gasteiger partial charge in [-0.3, -0.25) is 4.79 Å². The van der Waals surface area contributed by atoms with E-state index in [0.717, 1.165) is 0 Å². The molecule has 0 aliphatic carbocycles. The minimum Gasteiger partial charge on any atom is -0.478 e. The summed E-state index contributed by atoms with van der Waals surface area (Å²) in [6, 6.07) is 3.15. The fourth-order valence-electron chi connectivity index (χ4n) is 1.99. The smallest absolute Gasteiger partial charge is 0.408 e. The van der Waals surface area contributed by atoms with Gasteiger partial charge in [-0.05, 0) is 44.9 Å². The van der Waals surface area contributed by atoms with Crippen LogP contribution in [0.3, 0.4) is 0 Å². The van der Waals surface area contributed by atoms with Crippen LogP contribution in [-0.4, -0.2) is 34.7 Å². The van der Waals surface area contributed by atoms with Crippen molar-refractivity contribution >= 4 is 35.3 Å². The van der Waals surface area contributed by atoms with Gasteiger partial charge in [0, 0.05) is 5.02 Å². The molecule has 0 radical (unpaired) electrons. The van der Waals surface area contributed by atoms with Crippen LogP contribution < -0.4 is 10.6 Å². The molecule has 0 fully saturated rings. The van der Waals surface area contributed by atoms with Crippen molar-refractivity contribution < 1.29 is 24.2 Å². The summed E-state index contributed by atoms with van der Waals surface area (Å²) in [5.41, 5.74) is -0.745. The Labute approximate surface area is 151 Å². The van der Waals surface area contributed by atoms with Crippen LogP contribution in [0.5, 0.6) is 0 Å². The lowest BCUT2D eigenvalue weighted by molar-refractivity contribution is -0.119. The third-order valence-corrected chi connectivity index (χ3v) is 3.33. The van der Waals surface area contributed by atoms with Gasteiger partial charge in [-0.2, -0.15) is 0 Å². The Morgan fingerprint density at radius 1 is 1.20 bits per heavy atom. The van der Waals surface area contributed by atoms with E-state index in [2.05, 4.69) is 10.6 Å². The number of carboxylic acid groups (broad SMARTS) is 1. The number of carbonyl (C=O) groups is 3. The highest BCUT2D eigenvalue weighted by molar-refractivity contribution is 6.31. The SMILES string of the molecule is CC(C)[C@H](NC(=O)OC(C)(C)C)C(=O)Nc1cc(Cl)ccc1C(=O)O. The van der Waals surface area contributed by atoms with Crippen LogP contribution in [0, 0.1) is 5.92 Å². The van der Waals surface area contributed by atoms with Gasteiger partial charge in [0.1, 0.15) is 11.6 Å². The molecule has 0 saturated heterocycles. The Morgan fingerprint density at radius 2 is 1.80 bits per heavy atom. The summed E-state index contributed by atoms with van der Waals surface area (Å²) in [5, 5.41) is 14.5. The highest BCUT2D eigenvalue weighted by Gasteiger charge is 2.27. The number of hydrogen-bond donors (Lipinski definition) is 3. The van der Waals surface area contributed by atoms with Crippen molar-refractivity contribution in [3.63, 3.8) is 0 Å². The molecule has 0 saturated carbocycles. The summed E-state index contributed by atoms with van der Waals surface area (Å²) in [7, 11) is 0. The first kappa shape index (κ1) is 20.8. The van der Waals surface area contributed by atoms with Crippen molar-refractivity contribution in [2.75, 3.05) is 5.32 Å². The monoisotopic (exact) mass is 370 g/mol. The van der Waals surface area contributed by atoms with E-state index in [4.69, 9.17) is 16.3 Å². The number of aromatic carboxylic acids is 1. The van der Waals surface area contributed by atoms with Gasteiger partial charge in [-0.25, -0.2) is 9.59 Å². The summed E-state index contributed by atoms with van der Waals surface area (Å²) in [6.45, 7) is 8.63. The molecule has 1 aromatic rings. The third kappa shape index (κ3) is 6.62. The van der Waals surface area contributed by atoms with E-state index >= 15 is 0 Å². The number of amides is 2. The molecule has 7 nitrogen and oxygen atoms in total. The molecule has 0 aliphatic heterocycles. The first-order valence-electron chi connectivity index (χ1n) is 7.74. The number of alkyl carbamates (subject to hydrolysis) is 1. The van der Waals surface area contributed by atoms with Gasteiger partial charge in [0.2, 0.25) is 5.91 Å². The van der Waals surface area contributed by atoms with Crippen LogP contribution in [-0.2, 0) is 9.53 Å². The fraction of sp³-hybridized carbons (Fsp3) is 0.471. The van der Waals surface area contributed by atoms with Crippen molar-refractivity contribution in [1.82, 2.24) is 5.32 Å². The second-order valence-electron chi connectivity index (χ2n) is 6.85. The normalized spacial score (nSPS) is 12.4. The van der Waals surface area contributed by atoms with E-state index in [9.17, 15) is 19.5 Å². The van der Waals surface area contributed by atoms with Gasteiger partial charge >= 0.3 is 12.1 Å². The van der Waals surface area contributed by atoms with Crippen LogP contribution in [0.1, 0.15) is 45.0 Å². The maximum Gasteiger partial charge on any atom is 0.408 e. The first-order chi connectivity index (χ1) is 11.4. The molecule has 0 unspecified atom stereocenters. The van der Waals surface area contributed by atoms with Crippen molar-refractivity contribution in [3.8, 4) is 0 Å². The van der Waals surface area contributed by atoms with Gasteiger partial charge in [-0.1, -0.05) is 25.4 Å². The van der Waals surface area contributed by atoms with E-state index in [1.807, 2.05) is 0 Å². The molecule has 25 heavy (non-hydrogen) atoms. The van der Waals surface area contributed by atoms with Crippen LogP contribution in [0.15, 0.2) is 18.2 Å². The summed E-state index contributed by atoms with van der Waals surface area (Å²) in [4.78, 5) is 35.7. The summed E-state index contributed by atoms with van der Waals surface area (Å²) < 4.78 is 5.15. The maximum atomic E-state index is 12.5. The molecule has 3 N–H and O–H groups in total. The second-order valence-corrected chi connectivity index (χ2v) is 7.29. The van der Waals surface area contributed by atoms with E-state index in [1.54, 1.807) is 34.6 Å². The molecule has 0 spiro atoms. The number of rotatable bonds is 5. The average Bonchev–Trinajstić information content (AvgIpc) is 2.42. The summed E-state index contributed by atoms with van der Waals surface area (Å²) in [5.74, 6) is -2.02. The lowest BCUT2D eigenvalue weighted by atomic mass is 10.0. The molecular formula is C17H23ClN2O5. The molecule has 2 amide bonds. The topological polar surface area (TPSA) is 105 Å². The molecule has 138 valence electrons. The molecule has 1 aromatic carbocycles. The minimum absolute atomic E-state index is 0.0571. The quantitative estimate of drug-likeness (QED) is 0.735. The van der Waals surface area contributed by atoms with Crippen LogP contribution in [0.25, 0.3) is 0 Å². The average molecular weight is 371 g/mol. The van der Waals surface area contributed by atoms with Gasteiger partial charge in [-0.15, -0.1) is 0 Å².